The number of nitrogens with zero attached hydrogens (tertiary/aromatic N) is 3. The van der Waals surface area contributed by atoms with Gasteiger partial charge in [0.1, 0.15) is 0 Å². The molecule has 90 valence electrons. The van der Waals surface area contributed by atoms with Gasteiger partial charge in [0, 0.05) is 18.4 Å². The van der Waals surface area contributed by atoms with Gasteiger partial charge in [0.05, 0.1) is 17.6 Å². The highest BCUT2D eigenvalue weighted by Crippen LogP contribution is 2.19. The van der Waals surface area contributed by atoms with Crippen LogP contribution in [0.5, 0.6) is 0 Å². The second-order valence-corrected chi connectivity index (χ2v) is 4.13. The summed E-state index contributed by atoms with van der Waals surface area (Å²) >= 11 is 0. The summed E-state index contributed by atoms with van der Waals surface area (Å²) in [5.74, 6) is 0. The minimum atomic E-state index is 0.0395. The molecule has 1 atom stereocenters. The monoisotopic (exact) mass is 230 g/mol. The van der Waals surface area contributed by atoms with Crippen LogP contribution in [0.25, 0.3) is 5.69 Å². The van der Waals surface area contributed by atoms with Crippen LogP contribution < -0.4 is 5.73 Å². The van der Waals surface area contributed by atoms with Gasteiger partial charge in [0.15, 0.2) is 0 Å². The Balaban J connectivity index is 2.23. The van der Waals surface area contributed by atoms with Gasteiger partial charge in [-0.25, -0.2) is 4.68 Å². The average molecular weight is 230 g/mol. The lowest BCUT2D eigenvalue weighted by molar-refractivity contribution is 0.572. The molecule has 2 N–H and O–H groups in total. The van der Waals surface area contributed by atoms with Crippen LogP contribution in [0.15, 0.2) is 36.8 Å². The van der Waals surface area contributed by atoms with Crippen molar-refractivity contribution in [3.05, 3.63) is 42.5 Å². The molecule has 0 aliphatic carbocycles. The molecule has 2 rings (SSSR count). The van der Waals surface area contributed by atoms with Crippen LogP contribution in [0.2, 0.25) is 0 Å². The number of unbranched alkanes of at least 4 members (excludes halogenated alkanes) is 1. The molecular weight excluding hydrogens is 212 g/mol. The van der Waals surface area contributed by atoms with E-state index in [9.17, 15) is 0 Å². The molecule has 2 heterocycles. The summed E-state index contributed by atoms with van der Waals surface area (Å²) in [7, 11) is 0. The molecule has 17 heavy (non-hydrogen) atoms. The van der Waals surface area contributed by atoms with Crippen LogP contribution >= 0.6 is 0 Å². The van der Waals surface area contributed by atoms with E-state index in [1.165, 1.54) is 0 Å². The van der Waals surface area contributed by atoms with Crippen LogP contribution in [0.3, 0.4) is 0 Å². The number of aromatic nitrogens is 3. The third kappa shape index (κ3) is 2.71. The van der Waals surface area contributed by atoms with Gasteiger partial charge in [-0.05, 0) is 24.6 Å². The Morgan fingerprint density at radius 2 is 2.24 bits per heavy atom. The molecule has 0 aromatic carbocycles. The molecule has 0 saturated heterocycles. The topological polar surface area (TPSA) is 56.7 Å². The lowest BCUT2D eigenvalue weighted by Crippen LogP contribution is -2.15. The second kappa shape index (κ2) is 5.59. The molecule has 4 heteroatoms. The van der Waals surface area contributed by atoms with Crippen LogP contribution in [0.1, 0.15) is 37.9 Å². The first-order valence-corrected chi connectivity index (χ1v) is 6.03. The first-order chi connectivity index (χ1) is 8.33. The van der Waals surface area contributed by atoms with Crippen molar-refractivity contribution in [1.29, 1.82) is 0 Å². The van der Waals surface area contributed by atoms with E-state index in [-0.39, 0.29) is 6.04 Å². The highest BCUT2D eigenvalue weighted by molar-refractivity contribution is 5.30. The maximum atomic E-state index is 6.18. The van der Waals surface area contributed by atoms with E-state index in [1.54, 1.807) is 18.6 Å². The molecule has 0 spiro atoms. The molecule has 0 radical (unpaired) electrons. The average Bonchev–Trinajstić information content (AvgIpc) is 2.86. The Morgan fingerprint density at radius 3 is 2.94 bits per heavy atom. The highest BCUT2D eigenvalue weighted by atomic mass is 15.3. The molecule has 0 amide bonds. The van der Waals surface area contributed by atoms with Gasteiger partial charge in [-0.15, -0.1) is 0 Å². The van der Waals surface area contributed by atoms with E-state index >= 15 is 0 Å². The fraction of sp³-hybridized carbons (Fsp3) is 0.385. The standard InChI is InChI=1S/C13H18N4/c1-2-3-6-12(14)13-7-9-16-17(13)11-5-4-8-15-10-11/h4-5,7-10,12H,2-3,6,14H2,1H3. The minimum absolute atomic E-state index is 0.0395. The Morgan fingerprint density at radius 1 is 1.35 bits per heavy atom. The largest absolute Gasteiger partial charge is 0.323 e. The van der Waals surface area contributed by atoms with Crippen molar-refractivity contribution in [3.63, 3.8) is 0 Å². The number of rotatable bonds is 5. The van der Waals surface area contributed by atoms with Crippen LogP contribution in [-0.4, -0.2) is 14.8 Å². The van der Waals surface area contributed by atoms with Crippen molar-refractivity contribution in [2.75, 3.05) is 0 Å². The van der Waals surface area contributed by atoms with Gasteiger partial charge in [-0.3, -0.25) is 4.98 Å². The van der Waals surface area contributed by atoms with Crippen molar-refractivity contribution in [2.45, 2.75) is 32.2 Å². The minimum Gasteiger partial charge on any atom is -0.323 e. The molecule has 0 fully saturated rings. The maximum absolute atomic E-state index is 6.18. The first-order valence-electron chi connectivity index (χ1n) is 6.03. The Bertz CT molecular complexity index is 449. The van der Waals surface area contributed by atoms with E-state index < -0.39 is 0 Å². The Kier molecular flexibility index (Phi) is 3.88. The highest BCUT2D eigenvalue weighted by Gasteiger charge is 2.12. The van der Waals surface area contributed by atoms with Gasteiger partial charge in [0.2, 0.25) is 0 Å². The van der Waals surface area contributed by atoms with E-state index in [1.807, 2.05) is 22.9 Å². The summed E-state index contributed by atoms with van der Waals surface area (Å²) in [6.45, 7) is 2.17. The zero-order valence-electron chi connectivity index (χ0n) is 10.1. The molecule has 0 saturated carbocycles. The van der Waals surface area contributed by atoms with E-state index in [0.717, 1.165) is 30.6 Å². The molecule has 1 unspecified atom stereocenters. The second-order valence-electron chi connectivity index (χ2n) is 4.13. The van der Waals surface area contributed by atoms with Crippen molar-refractivity contribution in [3.8, 4) is 5.69 Å². The molecular formula is C13H18N4. The maximum Gasteiger partial charge on any atom is 0.0832 e. The van der Waals surface area contributed by atoms with Crippen molar-refractivity contribution in [1.82, 2.24) is 14.8 Å². The van der Waals surface area contributed by atoms with Crippen LogP contribution in [0.4, 0.5) is 0 Å². The predicted molar refractivity (Wildman–Crippen MR) is 67.8 cm³/mol. The lowest BCUT2D eigenvalue weighted by atomic mass is 10.1. The summed E-state index contributed by atoms with van der Waals surface area (Å²) in [4.78, 5) is 4.10. The third-order valence-corrected chi connectivity index (χ3v) is 2.81. The summed E-state index contributed by atoms with van der Waals surface area (Å²) in [5.41, 5.74) is 8.19. The van der Waals surface area contributed by atoms with E-state index in [2.05, 4.69) is 17.0 Å². The zero-order valence-corrected chi connectivity index (χ0v) is 10.1. The molecule has 2 aromatic rings. The molecule has 4 nitrogen and oxygen atoms in total. The van der Waals surface area contributed by atoms with Crippen molar-refractivity contribution < 1.29 is 0 Å². The quantitative estimate of drug-likeness (QED) is 0.858. The smallest absolute Gasteiger partial charge is 0.0832 e. The fourth-order valence-corrected chi connectivity index (χ4v) is 1.86. The van der Waals surface area contributed by atoms with Gasteiger partial charge in [-0.1, -0.05) is 19.8 Å². The first kappa shape index (κ1) is 11.8. The number of pyridine rings is 1. The lowest BCUT2D eigenvalue weighted by Gasteiger charge is -2.13. The van der Waals surface area contributed by atoms with Crippen molar-refractivity contribution >= 4 is 0 Å². The normalized spacial score (nSPS) is 12.6. The zero-order chi connectivity index (χ0) is 12.1. The summed E-state index contributed by atoms with van der Waals surface area (Å²) in [6, 6.07) is 5.90. The van der Waals surface area contributed by atoms with Gasteiger partial charge < -0.3 is 5.73 Å². The van der Waals surface area contributed by atoms with E-state index in [4.69, 9.17) is 5.73 Å². The number of hydrogen-bond donors (Lipinski definition) is 1. The molecule has 2 aromatic heterocycles. The fourth-order valence-electron chi connectivity index (χ4n) is 1.86. The Labute approximate surface area is 101 Å². The molecule has 0 aliphatic rings. The van der Waals surface area contributed by atoms with Crippen LogP contribution in [0, 0.1) is 0 Å². The molecule has 0 aliphatic heterocycles. The van der Waals surface area contributed by atoms with E-state index in [0.29, 0.717) is 0 Å². The van der Waals surface area contributed by atoms with Crippen LogP contribution in [-0.2, 0) is 0 Å². The van der Waals surface area contributed by atoms with Gasteiger partial charge in [-0.2, -0.15) is 5.10 Å². The summed E-state index contributed by atoms with van der Waals surface area (Å²) in [5, 5.41) is 4.31. The summed E-state index contributed by atoms with van der Waals surface area (Å²) < 4.78 is 1.87. The predicted octanol–water partition coefficient (Wildman–Crippen LogP) is 2.46. The van der Waals surface area contributed by atoms with Crippen molar-refractivity contribution in [2.24, 2.45) is 5.73 Å². The molecule has 0 bridgehead atoms. The number of nitrogens with two attached hydrogens (primary N) is 1. The SMILES string of the molecule is CCCCC(N)c1ccnn1-c1cccnc1. The third-order valence-electron chi connectivity index (χ3n) is 2.81. The Hall–Kier alpha value is -1.68. The number of hydrogen-bond acceptors (Lipinski definition) is 3. The van der Waals surface area contributed by atoms with Gasteiger partial charge >= 0.3 is 0 Å². The van der Waals surface area contributed by atoms with Gasteiger partial charge in [0.25, 0.3) is 0 Å². The summed E-state index contributed by atoms with van der Waals surface area (Å²) in [6.07, 6.45) is 8.62.